The second-order valence-electron chi connectivity index (χ2n) is 5.12. The van der Waals surface area contributed by atoms with Crippen LogP contribution in [0.3, 0.4) is 0 Å². The van der Waals surface area contributed by atoms with Crippen LogP contribution in [0.5, 0.6) is 0 Å². The zero-order valence-electron chi connectivity index (χ0n) is 14.0. The lowest BCUT2D eigenvalue weighted by atomic mass is 10.4. The number of amides is 1. The average Bonchev–Trinajstić information content (AvgIpc) is 2.38. The molecule has 138 valence electrons. The molecule has 0 aliphatic rings. The van der Waals surface area contributed by atoms with Crippen molar-refractivity contribution in [3.8, 4) is 0 Å². The molecule has 0 unspecified atom stereocenters. The Morgan fingerprint density at radius 3 is 2.26 bits per heavy atom. The number of nitrogens with one attached hydrogen (secondary N) is 2. The van der Waals surface area contributed by atoms with Crippen molar-refractivity contribution in [3.05, 3.63) is 0 Å². The van der Waals surface area contributed by atoms with Gasteiger partial charge < -0.3 is 15.5 Å². The predicted octanol–water partition coefficient (Wildman–Crippen LogP) is 1.13. The standard InChI is InChI=1S/C13H26F3N5O.HI/c1-5-17-12(19-9-11(22)20(2)3)18-7-6-8-21(4)10-13(14,15)16;/h5-10H2,1-4H3,(H2,17,18,19);1H. The molecule has 0 saturated heterocycles. The first-order valence-electron chi connectivity index (χ1n) is 7.13. The molecule has 0 aliphatic carbocycles. The molecule has 23 heavy (non-hydrogen) atoms. The Balaban J connectivity index is 0. The predicted molar refractivity (Wildman–Crippen MR) is 96.3 cm³/mol. The molecule has 0 aliphatic heterocycles. The van der Waals surface area contributed by atoms with Crippen LogP contribution in [0.4, 0.5) is 13.2 Å². The summed E-state index contributed by atoms with van der Waals surface area (Å²) in [5.41, 5.74) is 0. The molecule has 0 rings (SSSR count). The van der Waals surface area contributed by atoms with Crippen molar-refractivity contribution in [2.45, 2.75) is 19.5 Å². The summed E-state index contributed by atoms with van der Waals surface area (Å²) in [6.45, 7) is 2.43. The number of alkyl halides is 3. The van der Waals surface area contributed by atoms with E-state index in [0.717, 1.165) is 0 Å². The highest BCUT2D eigenvalue weighted by Crippen LogP contribution is 2.15. The van der Waals surface area contributed by atoms with E-state index in [1.807, 2.05) is 6.92 Å². The van der Waals surface area contributed by atoms with Gasteiger partial charge in [0.1, 0.15) is 6.54 Å². The Bertz CT molecular complexity index is 364. The van der Waals surface area contributed by atoms with Gasteiger partial charge in [-0.05, 0) is 26.9 Å². The van der Waals surface area contributed by atoms with Gasteiger partial charge in [-0.25, -0.2) is 4.99 Å². The number of guanidine groups is 1. The van der Waals surface area contributed by atoms with E-state index in [2.05, 4.69) is 15.6 Å². The van der Waals surface area contributed by atoms with Crippen LogP contribution in [0, 0.1) is 0 Å². The molecule has 0 spiro atoms. The van der Waals surface area contributed by atoms with E-state index >= 15 is 0 Å². The van der Waals surface area contributed by atoms with Crippen LogP contribution < -0.4 is 10.6 Å². The lowest BCUT2D eigenvalue weighted by Gasteiger charge is -2.19. The van der Waals surface area contributed by atoms with Gasteiger partial charge in [-0.1, -0.05) is 0 Å². The van der Waals surface area contributed by atoms with Crippen molar-refractivity contribution in [2.75, 3.05) is 53.9 Å². The number of carbonyl (C=O) groups excluding carboxylic acids is 1. The average molecular weight is 453 g/mol. The van der Waals surface area contributed by atoms with Crippen LogP contribution in [0.2, 0.25) is 0 Å². The monoisotopic (exact) mass is 453 g/mol. The number of rotatable bonds is 8. The minimum atomic E-state index is -4.18. The van der Waals surface area contributed by atoms with Crippen LogP contribution >= 0.6 is 24.0 Å². The number of carbonyl (C=O) groups is 1. The Kier molecular flexibility index (Phi) is 13.4. The van der Waals surface area contributed by atoms with Crippen molar-refractivity contribution < 1.29 is 18.0 Å². The third-order valence-electron chi connectivity index (χ3n) is 2.67. The van der Waals surface area contributed by atoms with Gasteiger partial charge in [0, 0.05) is 27.2 Å². The summed E-state index contributed by atoms with van der Waals surface area (Å²) in [6.07, 6.45) is -3.64. The summed E-state index contributed by atoms with van der Waals surface area (Å²) in [7, 11) is 4.73. The minimum Gasteiger partial charge on any atom is -0.357 e. The minimum absolute atomic E-state index is 0. The molecule has 0 heterocycles. The van der Waals surface area contributed by atoms with Gasteiger partial charge in [-0.3, -0.25) is 9.69 Å². The largest absolute Gasteiger partial charge is 0.401 e. The highest BCUT2D eigenvalue weighted by molar-refractivity contribution is 14.0. The quantitative estimate of drug-likeness (QED) is 0.251. The maximum atomic E-state index is 12.2. The first kappa shape index (κ1) is 24.5. The second-order valence-corrected chi connectivity index (χ2v) is 5.12. The van der Waals surface area contributed by atoms with Gasteiger partial charge in [-0.15, -0.1) is 24.0 Å². The number of nitrogens with zero attached hydrogens (tertiary/aromatic N) is 3. The fraction of sp³-hybridized carbons (Fsp3) is 0.846. The summed E-state index contributed by atoms with van der Waals surface area (Å²) < 4.78 is 36.5. The van der Waals surface area contributed by atoms with Crippen molar-refractivity contribution >= 4 is 35.8 Å². The number of halogens is 4. The summed E-state index contributed by atoms with van der Waals surface area (Å²) in [6, 6.07) is 0. The van der Waals surface area contributed by atoms with E-state index in [9.17, 15) is 18.0 Å². The SMILES string of the molecule is CCNC(=NCC(=O)N(C)C)NCCCN(C)CC(F)(F)F.I. The fourth-order valence-corrected chi connectivity index (χ4v) is 1.57. The van der Waals surface area contributed by atoms with Crippen LogP contribution in [-0.4, -0.2) is 81.7 Å². The zero-order chi connectivity index (χ0) is 17.2. The van der Waals surface area contributed by atoms with Gasteiger partial charge in [0.25, 0.3) is 0 Å². The van der Waals surface area contributed by atoms with Gasteiger partial charge in [0.15, 0.2) is 5.96 Å². The molecule has 0 radical (unpaired) electrons. The van der Waals surface area contributed by atoms with E-state index in [-0.39, 0.29) is 36.4 Å². The van der Waals surface area contributed by atoms with E-state index in [1.54, 1.807) is 14.1 Å². The smallest absolute Gasteiger partial charge is 0.357 e. The Morgan fingerprint density at radius 1 is 1.17 bits per heavy atom. The van der Waals surface area contributed by atoms with E-state index in [4.69, 9.17) is 0 Å². The summed E-state index contributed by atoms with van der Waals surface area (Å²) in [5.74, 6) is 0.360. The molecular weight excluding hydrogens is 426 g/mol. The maximum absolute atomic E-state index is 12.2. The molecule has 2 N–H and O–H groups in total. The first-order chi connectivity index (χ1) is 10.2. The van der Waals surface area contributed by atoms with E-state index in [0.29, 0.717) is 32.0 Å². The highest BCUT2D eigenvalue weighted by Gasteiger charge is 2.28. The number of likely N-dealkylation sites (N-methyl/N-ethyl adjacent to an activating group) is 1. The van der Waals surface area contributed by atoms with Gasteiger partial charge in [-0.2, -0.15) is 13.2 Å². The van der Waals surface area contributed by atoms with E-state index < -0.39 is 12.7 Å². The van der Waals surface area contributed by atoms with E-state index in [1.165, 1.54) is 16.8 Å². The molecule has 0 aromatic carbocycles. The molecule has 0 aromatic rings. The third-order valence-corrected chi connectivity index (χ3v) is 2.67. The van der Waals surface area contributed by atoms with Gasteiger partial charge in [0.05, 0.1) is 6.54 Å². The normalized spacial score (nSPS) is 11.9. The molecule has 0 aromatic heterocycles. The third kappa shape index (κ3) is 14.5. The topological polar surface area (TPSA) is 60.0 Å². The van der Waals surface area contributed by atoms with Gasteiger partial charge >= 0.3 is 6.18 Å². The number of hydrogen-bond acceptors (Lipinski definition) is 3. The molecule has 10 heteroatoms. The lowest BCUT2D eigenvalue weighted by Crippen LogP contribution is -2.40. The Morgan fingerprint density at radius 2 is 1.78 bits per heavy atom. The number of aliphatic imine (C=N–C) groups is 1. The Labute approximate surface area is 152 Å². The van der Waals surface area contributed by atoms with Crippen molar-refractivity contribution in [2.24, 2.45) is 4.99 Å². The molecule has 0 atom stereocenters. The second kappa shape index (κ2) is 12.6. The lowest BCUT2D eigenvalue weighted by molar-refractivity contribution is -0.143. The molecular formula is C13H27F3IN5O. The summed E-state index contributed by atoms with van der Waals surface area (Å²) >= 11 is 0. The van der Waals surface area contributed by atoms with Crippen molar-refractivity contribution in [3.63, 3.8) is 0 Å². The van der Waals surface area contributed by atoms with Gasteiger partial charge in [0.2, 0.25) is 5.91 Å². The van der Waals surface area contributed by atoms with Crippen LogP contribution in [0.1, 0.15) is 13.3 Å². The van der Waals surface area contributed by atoms with Crippen molar-refractivity contribution in [1.29, 1.82) is 0 Å². The molecule has 0 fully saturated rings. The van der Waals surface area contributed by atoms with Crippen LogP contribution in [0.25, 0.3) is 0 Å². The van der Waals surface area contributed by atoms with Crippen molar-refractivity contribution in [1.82, 2.24) is 20.4 Å². The highest BCUT2D eigenvalue weighted by atomic mass is 127. The zero-order valence-corrected chi connectivity index (χ0v) is 16.4. The Hall–Kier alpha value is -0.780. The molecule has 0 bridgehead atoms. The molecule has 1 amide bonds. The summed E-state index contributed by atoms with van der Waals surface area (Å²) in [4.78, 5) is 18.2. The fourth-order valence-electron chi connectivity index (χ4n) is 1.57. The molecule has 0 saturated carbocycles. The molecule has 6 nitrogen and oxygen atoms in total. The summed E-state index contributed by atoms with van der Waals surface area (Å²) in [5, 5.41) is 5.97. The van der Waals surface area contributed by atoms with Crippen LogP contribution in [0.15, 0.2) is 4.99 Å². The number of hydrogen-bond donors (Lipinski definition) is 2. The van der Waals surface area contributed by atoms with Crippen LogP contribution in [-0.2, 0) is 4.79 Å². The maximum Gasteiger partial charge on any atom is 0.401 e. The first-order valence-corrected chi connectivity index (χ1v) is 7.13.